The molecule has 0 aliphatic carbocycles. The van der Waals surface area contributed by atoms with E-state index >= 15 is 0 Å². The molecular weight excluding hydrogens is 366 g/mol. The number of hydrogen-bond acceptors (Lipinski definition) is 1. The van der Waals surface area contributed by atoms with Crippen LogP contribution >= 0.6 is 0 Å². The van der Waals surface area contributed by atoms with Crippen molar-refractivity contribution in [1.82, 2.24) is 0 Å². The highest BCUT2D eigenvalue weighted by atomic mass is 19.2. The summed E-state index contributed by atoms with van der Waals surface area (Å²) in [6.45, 7) is 0.431. The summed E-state index contributed by atoms with van der Waals surface area (Å²) >= 11 is 0. The number of hydrogen-bond donors (Lipinski definition) is 1. The smallest absolute Gasteiger partial charge is 0.195 e. The second-order valence-electron chi connectivity index (χ2n) is 6.52. The first-order valence-corrected chi connectivity index (χ1v) is 8.64. The lowest BCUT2D eigenvalue weighted by Gasteiger charge is -2.09. The fourth-order valence-electron chi connectivity index (χ4n) is 3.23. The van der Waals surface area contributed by atoms with Crippen LogP contribution in [0.5, 0.6) is 0 Å². The molecule has 0 unspecified atom stereocenters. The van der Waals surface area contributed by atoms with Crippen LogP contribution in [0.15, 0.2) is 66.7 Å². The molecule has 0 bridgehead atoms. The van der Waals surface area contributed by atoms with Gasteiger partial charge in [-0.2, -0.15) is 0 Å². The number of benzene rings is 4. The van der Waals surface area contributed by atoms with Gasteiger partial charge in [0.2, 0.25) is 0 Å². The van der Waals surface area contributed by atoms with Crippen LogP contribution in [0.25, 0.3) is 33.0 Å². The molecule has 1 nitrogen and oxygen atoms in total. The molecule has 0 aliphatic heterocycles. The van der Waals surface area contributed by atoms with Gasteiger partial charge in [-0.05, 0) is 45.8 Å². The molecule has 0 saturated heterocycles. The molecule has 4 rings (SSSR count). The maximum absolute atomic E-state index is 14.8. The van der Waals surface area contributed by atoms with E-state index in [9.17, 15) is 17.6 Å². The minimum absolute atomic E-state index is 0.0559. The maximum Gasteiger partial charge on any atom is 0.195 e. The lowest BCUT2D eigenvalue weighted by molar-refractivity contribution is 0.453. The van der Waals surface area contributed by atoms with Crippen LogP contribution in [-0.2, 0) is 6.54 Å². The quantitative estimate of drug-likeness (QED) is 0.332. The Balaban J connectivity index is 1.76. The van der Waals surface area contributed by atoms with Gasteiger partial charge in [0.15, 0.2) is 17.5 Å². The highest BCUT2D eigenvalue weighted by molar-refractivity contribution is 5.88. The van der Waals surface area contributed by atoms with Crippen molar-refractivity contribution in [2.24, 2.45) is 5.73 Å². The lowest BCUT2D eigenvalue weighted by atomic mass is 9.97. The summed E-state index contributed by atoms with van der Waals surface area (Å²) in [6.07, 6.45) is 0. The highest BCUT2D eigenvalue weighted by Gasteiger charge is 2.15. The molecule has 0 aromatic heterocycles. The largest absolute Gasteiger partial charge is 0.326 e. The van der Waals surface area contributed by atoms with Crippen LogP contribution in [-0.4, -0.2) is 0 Å². The van der Waals surface area contributed by atoms with Gasteiger partial charge in [0.25, 0.3) is 0 Å². The molecule has 0 radical (unpaired) electrons. The van der Waals surface area contributed by atoms with E-state index in [1.807, 2.05) is 24.3 Å². The Morgan fingerprint density at radius 3 is 1.96 bits per heavy atom. The normalized spacial score (nSPS) is 11.2. The Labute approximate surface area is 159 Å². The Bertz CT molecular complexity index is 1180. The van der Waals surface area contributed by atoms with Gasteiger partial charge < -0.3 is 5.73 Å². The van der Waals surface area contributed by atoms with E-state index in [1.54, 1.807) is 12.1 Å². The predicted molar refractivity (Wildman–Crippen MR) is 103 cm³/mol. The summed E-state index contributed by atoms with van der Waals surface area (Å²) in [4.78, 5) is 0. The van der Waals surface area contributed by atoms with Crippen LogP contribution < -0.4 is 5.73 Å². The van der Waals surface area contributed by atoms with Crippen LogP contribution in [0.3, 0.4) is 0 Å². The van der Waals surface area contributed by atoms with Gasteiger partial charge in [0.1, 0.15) is 5.82 Å². The minimum Gasteiger partial charge on any atom is -0.326 e. The third-order valence-electron chi connectivity index (χ3n) is 4.78. The minimum atomic E-state index is -1.52. The molecule has 4 aromatic rings. The lowest BCUT2D eigenvalue weighted by Crippen LogP contribution is -1.95. The highest BCUT2D eigenvalue weighted by Crippen LogP contribution is 2.32. The summed E-state index contributed by atoms with van der Waals surface area (Å²) < 4.78 is 55.5. The number of fused-ring (bicyclic) bond motifs is 1. The fraction of sp³-hybridized carbons (Fsp3) is 0.0435. The summed E-state index contributed by atoms with van der Waals surface area (Å²) in [7, 11) is 0. The summed E-state index contributed by atoms with van der Waals surface area (Å²) in [6, 6.07) is 17.4. The van der Waals surface area contributed by atoms with Crippen LogP contribution in [0.2, 0.25) is 0 Å². The van der Waals surface area contributed by atoms with Gasteiger partial charge in [-0.1, -0.05) is 48.5 Å². The van der Waals surface area contributed by atoms with E-state index in [2.05, 4.69) is 0 Å². The van der Waals surface area contributed by atoms with Crippen molar-refractivity contribution in [3.8, 4) is 22.3 Å². The topological polar surface area (TPSA) is 26.0 Å². The van der Waals surface area contributed by atoms with Crippen molar-refractivity contribution in [2.45, 2.75) is 6.54 Å². The molecule has 5 heteroatoms. The van der Waals surface area contributed by atoms with E-state index in [1.165, 1.54) is 24.3 Å². The van der Waals surface area contributed by atoms with E-state index in [-0.39, 0.29) is 16.3 Å². The molecule has 0 amide bonds. The van der Waals surface area contributed by atoms with E-state index < -0.39 is 23.3 Å². The second kappa shape index (κ2) is 7.09. The average Bonchev–Trinajstić information content (AvgIpc) is 2.72. The van der Waals surface area contributed by atoms with Crippen molar-refractivity contribution >= 4 is 10.8 Å². The monoisotopic (exact) mass is 381 g/mol. The SMILES string of the molecule is NCc1ccc(-c2ccc(-c3ccc4c(F)c(F)c(F)cc4c3)c(F)c2)cc1. The first-order valence-electron chi connectivity index (χ1n) is 8.64. The zero-order chi connectivity index (χ0) is 19.8. The molecular formula is C23H15F4N. The molecule has 0 saturated carbocycles. The van der Waals surface area contributed by atoms with Gasteiger partial charge in [0.05, 0.1) is 0 Å². The number of nitrogens with two attached hydrogens (primary N) is 1. The first-order chi connectivity index (χ1) is 13.5. The second-order valence-corrected chi connectivity index (χ2v) is 6.52. The van der Waals surface area contributed by atoms with Gasteiger partial charge in [-0.15, -0.1) is 0 Å². The van der Waals surface area contributed by atoms with Crippen molar-refractivity contribution < 1.29 is 17.6 Å². The third-order valence-corrected chi connectivity index (χ3v) is 4.78. The molecule has 2 N–H and O–H groups in total. The van der Waals surface area contributed by atoms with Gasteiger partial charge >= 0.3 is 0 Å². The van der Waals surface area contributed by atoms with Gasteiger partial charge in [-0.25, -0.2) is 17.6 Å². The molecule has 0 heterocycles. The van der Waals surface area contributed by atoms with E-state index in [0.29, 0.717) is 17.7 Å². The fourth-order valence-corrected chi connectivity index (χ4v) is 3.23. The summed E-state index contributed by atoms with van der Waals surface area (Å²) in [5, 5.41) is 0.106. The molecule has 0 atom stereocenters. The molecule has 28 heavy (non-hydrogen) atoms. The third kappa shape index (κ3) is 3.14. The number of rotatable bonds is 3. The van der Waals surface area contributed by atoms with Gasteiger partial charge in [-0.3, -0.25) is 0 Å². The Morgan fingerprint density at radius 2 is 1.29 bits per heavy atom. The standard InChI is InChI=1S/C23H15F4N/c24-20-10-15(14-3-1-13(12-28)2-4-14)5-7-18(20)16-6-8-19-17(9-16)11-21(25)23(27)22(19)26/h1-11H,12,28H2. The zero-order valence-electron chi connectivity index (χ0n) is 14.6. The van der Waals surface area contributed by atoms with Crippen molar-refractivity contribution in [3.05, 3.63) is 95.6 Å². The Kier molecular flexibility index (Phi) is 4.61. The van der Waals surface area contributed by atoms with Crippen molar-refractivity contribution in [1.29, 1.82) is 0 Å². The van der Waals surface area contributed by atoms with E-state index in [4.69, 9.17) is 5.73 Å². The van der Waals surface area contributed by atoms with Crippen molar-refractivity contribution in [2.75, 3.05) is 0 Å². The van der Waals surface area contributed by atoms with E-state index in [0.717, 1.165) is 17.2 Å². The Morgan fingerprint density at radius 1 is 0.607 bits per heavy atom. The summed E-state index contributed by atoms with van der Waals surface area (Å²) in [5.74, 6) is -4.52. The number of halogens is 4. The molecule has 0 aliphatic rings. The summed E-state index contributed by atoms with van der Waals surface area (Å²) in [5.41, 5.74) is 8.84. The first kappa shape index (κ1) is 18.2. The average molecular weight is 381 g/mol. The molecule has 4 aromatic carbocycles. The van der Waals surface area contributed by atoms with Crippen LogP contribution in [0.4, 0.5) is 17.6 Å². The maximum atomic E-state index is 14.8. The molecule has 0 fully saturated rings. The van der Waals surface area contributed by atoms with Crippen LogP contribution in [0.1, 0.15) is 5.56 Å². The van der Waals surface area contributed by atoms with Gasteiger partial charge in [0, 0.05) is 17.5 Å². The zero-order valence-corrected chi connectivity index (χ0v) is 14.6. The van der Waals surface area contributed by atoms with Crippen molar-refractivity contribution in [3.63, 3.8) is 0 Å². The molecule has 140 valence electrons. The Hall–Kier alpha value is -3.18. The molecule has 0 spiro atoms. The van der Waals surface area contributed by atoms with Crippen LogP contribution in [0, 0.1) is 23.3 Å². The predicted octanol–water partition coefficient (Wildman–Crippen LogP) is 6.19.